The van der Waals surface area contributed by atoms with Crippen LogP contribution in [-0.2, 0) is 0 Å². The van der Waals surface area contributed by atoms with Crippen LogP contribution in [0.1, 0.15) is 19.8 Å². The Kier molecular flexibility index (Phi) is 5.83. The lowest BCUT2D eigenvalue weighted by Gasteiger charge is -1.85. The number of hydrogen-bond acceptors (Lipinski definition) is 1. The van der Waals surface area contributed by atoms with Crippen LogP contribution in [0, 0.1) is 0 Å². The highest BCUT2D eigenvalue weighted by Crippen LogP contribution is 2.05. The molecule has 0 saturated heterocycles. The van der Waals surface area contributed by atoms with Crippen LogP contribution in [0.25, 0.3) is 0 Å². The maximum absolute atomic E-state index is 4.14. The van der Waals surface area contributed by atoms with Crippen LogP contribution in [0.5, 0.6) is 0 Å². The third-order valence-electron chi connectivity index (χ3n) is 0.844. The second-order valence-electron chi connectivity index (χ2n) is 1.75. The van der Waals surface area contributed by atoms with Crippen molar-refractivity contribution in [3.05, 3.63) is 34.4 Å². The van der Waals surface area contributed by atoms with E-state index in [0.717, 1.165) is 17.7 Å². The molecular weight excluding hydrogens is 140 g/mol. The third kappa shape index (κ3) is 5.35. The van der Waals surface area contributed by atoms with E-state index in [-0.39, 0.29) is 0 Å². The van der Waals surface area contributed by atoms with Gasteiger partial charge in [0.25, 0.3) is 0 Å². The van der Waals surface area contributed by atoms with E-state index in [4.69, 9.17) is 0 Å². The summed E-state index contributed by atoms with van der Waals surface area (Å²) in [5.74, 6) is 0. The van der Waals surface area contributed by atoms with E-state index < -0.39 is 0 Å². The van der Waals surface area contributed by atoms with E-state index in [1.807, 2.05) is 0 Å². The summed E-state index contributed by atoms with van der Waals surface area (Å²) in [7, 11) is 0. The van der Waals surface area contributed by atoms with Crippen molar-refractivity contribution in [2.45, 2.75) is 19.8 Å². The molecule has 0 saturated carbocycles. The van der Waals surface area contributed by atoms with Crippen LogP contribution in [0.4, 0.5) is 0 Å². The summed E-state index contributed by atoms with van der Waals surface area (Å²) >= 11 is 4.14. The summed E-state index contributed by atoms with van der Waals surface area (Å²) in [4.78, 5) is 0.894. The zero-order valence-electron chi connectivity index (χ0n) is 6.07. The minimum Gasteiger partial charge on any atom is -0.139 e. The zero-order valence-corrected chi connectivity index (χ0v) is 6.96. The summed E-state index contributed by atoms with van der Waals surface area (Å²) in [6.07, 6.45) is 2.01. The van der Waals surface area contributed by atoms with Gasteiger partial charge in [0.1, 0.15) is 0 Å². The molecule has 0 atom stereocenters. The predicted molar refractivity (Wildman–Crippen MR) is 47.1 cm³/mol. The first-order chi connectivity index (χ1) is 4.81. The molecule has 1 heteroatoms. The largest absolute Gasteiger partial charge is 0.139 e. The standard InChI is InChI=1S/C9H10S/c1-3-5-6-8-9(10)7-4-2/h10H,1,4,7H2,2H3. The van der Waals surface area contributed by atoms with Gasteiger partial charge in [-0.2, -0.15) is 0 Å². The average molecular weight is 150 g/mol. The van der Waals surface area contributed by atoms with Crippen molar-refractivity contribution >= 4 is 12.6 Å². The smallest absolute Gasteiger partial charge is 0.0326 e. The highest BCUT2D eigenvalue weighted by Gasteiger charge is 1.81. The van der Waals surface area contributed by atoms with Crippen LogP contribution in [0.3, 0.4) is 0 Å². The van der Waals surface area contributed by atoms with Gasteiger partial charge in [-0.1, -0.05) is 24.8 Å². The second kappa shape index (κ2) is 6.33. The quantitative estimate of drug-likeness (QED) is 0.454. The molecule has 0 amide bonds. The van der Waals surface area contributed by atoms with Crippen LogP contribution < -0.4 is 0 Å². The van der Waals surface area contributed by atoms with E-state index in [0.29, 0.717) is 0 Å². The molecule has 0 radical (unpaired) electrons. The lowest BCUT2D eigenvalue weighted by Crippen LogP contribution is -1.64. The van der Waals surface area contributed by atoms with E-state index in [9.17, 15) is 0 Å². The molecule has 0 aliphatic carbocycles. The third-order valence-corrected chi connectivity index (χ3v) is 1.18. The summed E-state index contributed by atoms with van der Waals surface area (Å²) in [5, 5.41) is 0. The van der Waals surface area contributed by atoms with Crippen molar-refractivity contribution in [1.82, 2.24) is 0 Å². The van der Waals surface area contributed by atoms with E-state index >= 15 is 0 Å². The monoisotopic (exact) mass is 150 g/mol. The van der Waals surface area contributed by atoms with E-state index in [1.54, 1.807) is 0 Å². The molecule has 0 aromatic heterocycles. The molecule has 52 valence electrons. The minimum atomic E-state index is 0.894. The molecule has 0 aromatic rings. The molecule has 0 rings (SSSR count). The lowest BCUT2D eigenvalue weighted by atomic mass is 10.3. The molecule has 0 heterocycles. The van der Waals surface area contributed by atoms with Crippen molar-refractivity contribution in [3.63, 3.8) is 0 Å². The molecule has 0 fully saturated rings. The first-order valence-electron chi connectivity index (χ1n) is 3.14. The summed E-state index contributed by atoms with van der Waals surface area (Å²) in [5.41, 5.74) is 10.4. The Bertz CT molecular complexity index is 238. The van der Waals surface area contributed by atoms with Gasteiger partial charge in [0.2, 0.25) is 0 Å². The zero-order chi connectivity index (χ0) is 7.82. The van der Waals surface area contributed by atoms with Gasteiger partial charge in [0.05, 0.1) is 0 Å². The Morgan fingerprint density at radius 3 is 2.70 bits per heavy atom. The van der Waals surface area contributed by atoms with Crippen molar-refractivity contribution < 1.29 is 0 Å². The molecule has 0 aliphatic rings. The van der Waals surface area contributed by atoms with Crippen molar-refractivity contribution in [1.29, 1.82) is 0 Å². The summed E-state index contributed by atoms with van der Waals surface area (Å²) in [6, 6.07) is 0. The molecule has 0 N–H and O–H groups in total. The Hall–Kier alpha value is -0.790. The predicted octanol–water partition coefficient (Wildman–Crippen LogP) is 2.85. The van der Waals surface area contributed by atoms with Gasteiger partial charge >= 0.3 is 0 Å². The summed E-state index contributed by atoms with van der Waals surface area (Å²) < 4.78 is 0. The fourth-order valence-corrected chi connectivity index (χ4v) is 0.726. The minimum absolute atomic E-state index is 0.894. The number of hydrogen-bond donors (Lipinski definition) is 1. The van der Waals surface area contributed by atoms with Gasteiger partial charge in [-0.05, 0) is 24.5 Å². The van der Waals surface area contributed by atoms with Crippen LogP contribution >= 0.6 is 12.6 Å². The molecule has 0 nitrogen and oxygen atoms in total. The first kappa shape index (κ1) is 9.21. The molecule has 0 bridgehead atoms. The Morgan fingerprint density at radius 1 is 1.50 bits per heavy atom. The number of rotatable bonds is 2. The SMILES string of the molecule is C=C=C=C=C=C(S)CCC. The van der Waals surface area contributed by atoms with Crippen molar-refractivity contribution in [2.75, 3.05) is 0 Å². The number of thiol groups is 1. The normalized spacial score (nSPS) is 6.60. The Morgan fingerprint density at radius 2 is 2.20 bits per heavy atom. The van der Waals surface area contributed by atoms with Crippen LogP contribution in [-0.4, -0.2) is 0 Å². The Labute approximate surface area is 67.4 Å². The fourth-order valence-electron chi connectivity index (χ4n) is 0.447. The summed E-state index contributed by atoms with van der Waals surface area (Å²) in [6.45, 7) is 5.42. The second-order valence-corrected chi connectivity index (χ2v) is 2.29. The molecule has 0 spiro atoms. The van der Waals surface area contributed by atoms with Gasteiger partial charge in [0, 0.05) is 4.91 Å². The fraction of sp³-hybridized carbons (Fsp3) is 0.333. The van der Waals surface area contributed by atoms with Gasteiger partial charge in [0.15, 0.2) is 0 Å². The molecule has 10 heavy (non-hydrogen) atoms. The van der Waals surface area contributed by atoms with Gasteiger partial charge in [-0.3, -0.25) is 0 Å². The first-order valence-corrected chi connectivity index (χ1v) is 3.59. The molecule has 0 aromatic carbocycles. The highest BCUT2D eigenvalue weighted by atomic mass is 32.1. The molecule has 0 unspecified atom stereocenters. The van der Waals surface area contributed by atoms with Gasteiger partial charge < -0.3 is 0 Å². The van der Waals surface area contributed by atoms with Crippen LogP contribution in [0.2, 0.25) is 0 Å². The topological polar surface area (TPSA) is 0 Å². The maximum atomic E-state index is 4.14. The highest BCUT2D eigenvalue weighted by molar-refractivity contribution is 7.84. The van der Waals surface area contributed by atoms with E-state index in [1.165, 1.54) is 0 Å². The van der Waals surface area contributed by atoms with Crippen molar-refractivity contribution in [3.8, 4) is 0 Å². The average Bonchev–Trinajstić information content (AvgIpc) is 1.89. The Balaban J connectivity index is 4.43. The maximum Gasteiger partial charge on any atom is 0.0326 e. The van der Waals surface area contributed by atoms with Gasteiger partial charge in [-0.25, -0.2) is 0 Å². The molecular formula is C9H10S. The number of allylic oxidation sites excluding steroid dienone is 1. The lowest BCUT2D eigenvalue weighted by molar-refractivity contribution is 0.950. The van der Waals surface area contributed by atoms with Crippen molar-refractivity contribution in [2.24, 2.45) is 0 Å². The van der Waals surface area contributed by atoms with E-state index in [2.05, 4.69) is 49.1 Å². The van der Waals surface area contributed by atoms with Gasteiger partial charge in [-0.15, -0.1) is 12.6 Å². The molecule has 0 aliphatic heterocycles. The van der Waals surface area contributed by atoms with Crippen LogP contribution in [0.15, 0.2) is 34.4 Å².